The highest BCUT2D eigenvalue weighted by molar-refractivity contribution is 5.80. The van der Waals surface area contributed by atoms with Crippen molar-refractivity contribution in [2.24, 2.45) is 5.92 Å². The number of esters is 1. The summed E-state index contributed by atoms with van der Waals surface area (Å²) in [5.41, 5.74) is -0.529. The molecule has 1 fully saturated rings. The zero-order valence-corrected chi connectivity index (χ0v) is 13.7. The molecule has 0 bridgehead atoms. The predicted octanol–water partition coefficient (Wildman–Crippen LogP) is 2.43. The topological polar surface area (TPSA) is 41.6 Å². The van der Waals surface area contributed by atoms with Crippen molar-refractivity contribution in [3.05, 3.63) is 0 Å². The van der Waals surface area contributed by atoms with Crippen LogP contribution >= 0.6 is 0 Å². The lowest BCUT2D eigenvalue weighted by Crippen LogP contribution is -2.50. The highest BCUT2D eigenvalue weighted by Crippen LogP contribution is 2.18. The van der Waals surface area contributed by atoms with Gasteiger partial charge in [0.2, 0.25) is 0 Å². The van der Waals surface area contributed by atoms with Gasteiger partial charge in [-0.3, -0.25) is 4.79 Å². The third-order valence-corrected chi connectivity index (χ3v) is 4.35. The SMILES string of the molecule is CCNC(C)(CCCCN1CCCC(C)C1)C(=O)OC. The van der Waals surface area contributed by atoms with Crippen molar-refractivity contribution in [3.8, 4) is 0 Å². The molecule has 1 saturated heterocycles. The average Bonchev–Trinajstić information content (AvgIpc) is 2.43. The molecule has 0 aromatic rings. The average molecular weight is 284 g/mol. The van der Waals surface area contributed by atoms with E-state index in [0.29, 0.717) is 0 Å². The molecule has 0 radical (unpaired) electrons. The smallest absolute Gasteiger partial charge is 0.325 e. The summed E-state index contributed by atoms with van der Waals surface area (Å²) in [6, 6.07) is 0. The quantitative estimate of drug-likeness (QED) is 0.549. The van der Waals surface area contributed by atoms with Gasteiger partial charge in [-0.25, -0.2) is 0 Å². The summed E-state index contributed by atoms with van der Waals surface area (Å²) in [6.07, 6.45) is 5.76. The second-order valence-corrected chi connectivity index (χ2v) is 6.36. The molecule has 0 amide bonds. The van der Waals surface area contributed by atoms with E-state index in [1.54, 1.807) is 0 Å². The van der Waals surface area contributed by atoms with Crippen LogP contribution in [0.5, 0.6) is 0 Å². The van der Waals surface area contributed by atoms with Crippen LogP contribution in [-0.2, 0) is 9.53 Å². The summed E-state index contributed by atoms with van der Waals surface area (Å²) in [6.45, 7) is 10.7. The first-order valence-corrected chi connectivity index (χ1v) is 8.07. The molecular formula is C16H32N2O2. The van der Waals surface area contributed by atoms with E-state index in [-0.39, 0.29) is 5.97 Å². The van der Waals surface area contributed by atoms with Crippen molar-refractivity contribution in [1.82, 2.24) is 10.2 Å². The molecule has 4 nitrogen and oxygen atoms in total. The van der Waals surface area contributed by atoms with Gasteiger partial charge < -0.3 is 15.0 Å². The summed E-state index contributed by atoms with van der Waals surface area (Å²) in [4.78, 5) is 14.4. The largest absolute Gasteiger partial charge is 0.468 e. The van der Waals surface area contributed by atoms with Crippen molar-refractivity contribution in [2.45, 2.75) is 58.4 Å². The summed E-state index contributed by atoms with van der Waals surface area (Å²) in [5, 5.41) is 3.27. The van der Waals surface area contributed by atoms with Crippen LogP contribution in [0.3, 0.4) is 0 Å². The van der Waals surface area contributed by atoms with Crippen molar-refractivity contribution < 1.29 is 9.53 Å². The molecule has 0 aromatic heterocycles. The van der Waals surface area contributed by atoms with Crippen molar-refractivity contribution in [3.63, 3.8) is 0 Å². The molecule has 0 saturated carbocycles. The van der Waals surface area contributed by atoms with Gasteiger partial charge in [-0.2, -0.15) is 0 Å². The maximum absolute atomic E-state index is 11.9. The Kier molecular flexibility index (Phi) is 7.52. The molecule has 118 valence electrons. The first-order valence-electron chi connectivity index (χ1n) is 8.07. The number of likely N-dealkylation sites (tertiary alicyclic amines) is 1. The fraction of sp³-hybridized carbons (Fsp3) is 0.938. The fourth-order valence-corrected chi connectivity index (χ4v) is 3.18. The number of hydrogen-bond donors (Lipinski definition) is 1. The lowest BCUT2D eigenvalue weighted by molar-refractivity contribution is -0.148. The maximum atomic E-state index is 11.9. The number of rotatable bonds is 8. The normalized spacial score (nSPS) is 23.3. The van der Waals surface area contributed by atoms with Crippen LogP contribution in [0, 0.1) is 5.92 Å². The fourth-order valence-electron chi connectivity index (χ4n) is 3.18. The molecule has 0 spiro atoms. The number of nitrogens with one attached hydrogen (secondary N) is 1. The summed E-state index contributed by atoms with van der Waals surface area (Å²) < 4.78 is 4.92. The Hall–Kier alpha value is -0.610. The number of ether oxygens (including phenoxy) is 1. The van der Waals surface area contributed by atoms with E-state index in [2.05, 4.69) is 17.1 Å². The van der Waals surface area contributed by atoms with Crippen LogP contribution in [-0.4, -0.2) is 49.7 Å². The zero-order chi connectivity index (χ0) is 15.0. The Morgan fingerprint density at radius 2 is 2.20 bits per heavy atom. The number of piperidine rings is 1. The molecule has 4 heteroatoms. The molecule has 1 aliphatic heterocycles. The summed E-state index contributed by atoms with van der Waals surface area (Å²) >= 11 is 0. The second kappa shape index (κ2) is 8.63. The van der Waals surface area contributed by atoms with Gasteiger partial charge >= 0.3 is 5.97 Å². The molecular weight excluding hydrogens is 252 g/mol. The van der Waals surface area contributed by atoms with Gasteiger partial charge in [0.25, 0.3) is 0 Å². The predicted molar refractivity (Wildman–Crippen MR) is 82.8 cm³/mol. The Balaban J connectivity index is 2.28. The molecule has 1 heterocycles. The van der Waals surface area contributed by atoms with Gasteiger partial charge in [0, 0.05) is 6.54 Å². The third kappa shape index (κ3) is 5.41. The number of nitrogens with zero attached hydrogens (tertiary/aromatic N) is 1. The van der Waals surface area contributed by atoms with Gasteiger partial charge in [-0.05, 0) is 64.6 Å². The number of carbonyl (C=O) groups excluding carboxylic acids is 1. The molecule has 0 aliphatic carbocycles. The van der Waals surface area contributed by atoms with Crippen LogP contribution < -0.4 is 5.32 Å². The van der Waals surface area contributed by atoms with Gasteiger partial charge in [-0.1, -0.05) is 13.8 Å². The van der Waals surface area contributed by atoms with Crippen LogP contribution in [0.4, 0.5) is 0 Å². The molecule has 20 heavy (non-hydrogen) atoms. The highest BCUT2D eigenvalue weighted by Gasteiger charge is 2.32. The van der Waals surface area contributed by atoms with E-state index in [0.717, 1.165) is 38.3 Å². The molecule has 1 aliphatic rings. The number of hydrogen-bond acceptors (Lipinski definition) is 4. The first kappa shape index (κ1) is 17.4. The van der Waals surface area contributed by atoms with Crippen LogP contribution in [0.15, 0.2) is 0 Å². The standard InChI is InChI=1S/C16H32N2O2/c1-5-17-16(3,15(19)20-4)10-6-7-11-18-12-8-9-14(2)13-18/h14,17H,5-13H2,1-4H3. The van der Waals surface area contributed by atoms with Gasteiger partial charge in [-0.15, -0.1) is 0 Å². The van der Waals surface area contributed by atoms with E-state index >= 15 is 0 Å². The van der Waals surface area contributed by atoms with E-state index in [4.69, 9.17) is 4.74 Å². The molecule has 2 atom stereocenters. The van der Waals surface area contributed by atoms with Crippen molar-refractivity contribution >= 4 is 5.97 Å². The van der Waals surface area contributed by atoms with E-state index in [1.165, 1.54) is 33.0 Å². The Morgan fingerprint density at radius 1 is 1.45 bits per heavy atom. The molecule has 1 N–H and O–H groups in total. The number of methoxy groups -OCH3 is 1. The minimum absolute atomic E-state index is 0.147. The van der Waals surface area contributed by atoms with Crippen LogP contribution in [0.2, 0.25) is 0 Å². The van der Waals surface area contributed by atoms with E-state index < -0.39 is 5.54 Å². The highest BCUT2D eigenvalue weighted by atomic mass is 16.5. The number of carbonyl (C=O) groups is 1. The number of unbranched alkanes of at least 4 members (excludes halogenated alkanes) is 1. The van der Waals surface area contributed by atoms with Crippen molar-refractivity contribution in [1.29, 1.82) is 0 Å². The molecule has 0 aromatic carbocycles. The van der Waals surface area contributed by atoms with Crippen molar-refractivity contribution in [2.75, 3.05) is 33.3 Å². The minimum atomic E-state index is -0.529. The second-order valence-electron chi connectivity index (χ2n) is 6.36. The van der Waals surface area contributed by atoms with Gasteiger partial charge in [0.15, 0.2) is 0 Å². The summed E-state index contributed by atoms with van der Waals surface area (Å²) in [5.74, 6) is 0.691. The zero-order valence-electron chi connectivity index (χ0n) is 13.7. The Bertz CT molecular complexity index is 296. The van der Waals surface area contributed by atoms with E-state index in [1.807, 2.05) is 13.8 Å². The molecule has 1 rings (SSSR count). The first-order chi connectivity index (χ1) is 9.51. The Morgan fingerprint density at radius 3 is 2.80 bits per heavy atom. The lowest BCUT2D eigenvalue weighted by atomic mass is 9.94. The maximum Gasteiger partial charge on any atom is 0.325 e. The third-order valence-electron chi connectivity index (χ3n) is 4.35. The molecule has 2 unspecified atom stereocenters. The minimum Gasteiger partial charge on any atom is -0.468 e. The lowest BCUT2D eigenvalue weighted by Gasteiger charge is -2.31. The van der Waals surface area contributed by atoms with Gasteiger partial charge in [0.05, 0.1) is 7.11 Å². The monoisotopic (exact) mass is 284 g/mol. The van der Waals surface area contributed by atoms with Gasteiger partial charge in [0.1, 0.15) is 5.54 Å². The van der Waals surface area contributed by atoms with Crippen LogP contribution in [0.25, 0.3) is 0 Å². The van der Waals surface area contributed by atoms with E-state index in [9.17, 15) is 4.79 Å². The summed E-state index contributed by atoms with van der Waals surface area (Å²) in [7, 11) is 1.47. The Labute approximate surface area is 124 Å². The van der Waals surface area contributed by atoms with Crippen LogP contribution in [0.1, 0.15) is 52.9 Å². The number of likely N-dealkylation sites (N-methyl/N-ethyl adjacent to an activating group) is 1.